The van der Waals surface area contributed by atoms with Gasteiger partial charge >= 0.3 is 0 Å². The molecular formula is C20H22F2N2O3S2. The summed E-state index contributed by atoms with van der Waals surface area (Å²) in [7, 11) is -3.60. The number of hydrogen-bond acceptors (Lipinski definition) is 4. The fourth-order valence-corrected chi connectivity index (χ4v) is 5.32. The third kappa shape index (κ3) is 5.34. The molecular weight excluding hydrogens is 418 g/mol. The van der Waals surface area contributed by atoms with Crippen LogP contribution in [0.5, 0.6) is 0 Å². The molecule has 1 aliphatic rings. The number of nitrogens with zero attached hydrogens (tertiary/aromatic N) is 1. The Morgan fingerprint density at radius 2 is 1.79 bits per heavy atom. The summed E-state index contributed by atoms with van der Waals surface area (Å²) >= 11 is 1.06. The number of thioether (sulfide) groups is 1. The summed E-state index contributed by atoms with van der Waals surface area (Å²) in [6, 6.07) is 8.12. The van der Waals surface area contributed by atoms with Crippen LogP contribution in [0.3, 0.4) is 0 Å². The number of carbonyl (C=O) groups is 1. The molecule has 1 N–H and O–H groups in total. The van der Waals surface area contributed by atoms with E-state index in [1.165, 1.54) is 16.4 Å². The maximum atomic E-state index is 13.3. The molecule has 1 aliphatic heterocycles. The molecule has 5 nitrogen and oxygen atoms in total. The van der Waals surface area contributed by atoms with Crippen molar-refractivity contribution in [1.82, 2.24) is 4.31 Å². The summed E-state index contributed by atoms with van der Waals surface area (Å²) in [6.45, 7) is 2.78. The minimum atomic E-state index is -3.60. The largest absolute Gasteiger partial charge is 0.325 e. The van der Waals surface area contributed by atoms with Gasteiger partial charge in [0.1, 0.15) is 0 Å². The van der Waals surface area contributed by atoms with Crippen LogP contribution in [0.15, 0.2) is 46.2 Å². The fraction of sp³-hybridized carbons (Fsp3) is 0.350. The number of sulfonamides is 1. The number of amides is 1. The van der Waals surface area contributed by atoms with Gasteiger partial charge in [0.15, 0.2) is 11.6 Å². The predicted molar refractivity (Wildman–Crippen MR) is 110 cm³/mol. The Bertz CT molecular complexity index is 1010. The fourth-order valence-electron chi connectivity index (χ4n) is 3.05. The van der Waals surface area contributed by atoms with Crippen molar-refractivity contribution >= 4 is 33.4 Å². The van der Waals surface area contributed by atoms with E-state index in [1.807, 2.05) is 0 Å². The minimum absolute atomic E-state index is 0.0202. The molecule has 0 aromatic heterocycles. The van der Waals surface area contributed by atoms with Gasteiger partial charge in [0.2, 0.25) is 15.9 Å². The van der Waals surface area contributed by atoms with Crippen molar-refractivity contribution in [3.8, 4) is 0 Å². The maximum absolute atomic E-state index is 13.3. The lowest BCUT2D eigenvalue weighted by Crippen LogP contribution is -2.35. The molecule has 2 aromatic rings. The maximum Gasteiger partial charge on any atom is 0.243 e. The molecule has 0 atom stereocenters. The van der Waals surface area contributed by atoms with Gasteiger partial charge in [-0.2, -0.15) is 4.31 Å². The Balaban J connectivity index is 1.69. The topological polar surface area (TPSA) is 66.5 Å². The number of nitrogens with one attached hydrogen (secondary N) is 1. The molecule has 0 saturated carbocycles. The van der Waals surface area contributed by atoms with Crippen molar-refractivity contribution in [2.45, 2.75) is 36.0 Å². The van der Waals surface area contributed by atoms with E-state index in [2.05, 4.69) is 5.32 Å². The van der Waals surface area contributed by atoms with Crippen LogP contribution in [-0.4, -0.2) is 37.5 Å². The van der Waals surface area contributed by atoms with Gasteiger partial charge in [-0.05, 0) is 55.7 Å². The summed E-state index contributed by atoms with van der Waals surface area (Å²) in [4.78, 5) is 12.9. The Hall–Kier alpha value is -1.97. The molecule has 1 saturated heterocycles. The zero-order valence-electron chi connectivity index (χ0n) is 16.0. The van der Waals surface area contributed by atoms with E-state index in [4.69, 9.17) is 0 Å². The van der Waals surface area contributed by atoms with Gasteiger partial charge in [-0.15, -0.1) is 11.8 Å². The first kappa shape index (κ1) is 21.7. The van der Waals surface area contributed by atoms with Crippen molar-refractivity contribution in [2.75, 3.05) is 24.2 Å². The summed E-state index contributed by atoms with van der Waals surface area (Å²) < 4.78 is 53.4. The van der Waals surface area contributed by atoms with Crippen LogP contribution in [-0.2, 0) is 14.8 Å². The predicted octanol–water partition coefficient (Wildman–Crippen LogP) is 4.18. The average molecular weight is 441 g/mol. The number of anilines is 1. The summed E-state index contributed by atoms with van der Waals surface area (Å²) in [6.07, 6.45) is 2.71. The third-order valence-electron chi connectivity index (χ3n) is 4.70. The Labute approximate surface area is 173 Å². The summed E-state index contributed by atoms with van der Waals surface area (Å²) in [5.41, 5.74) is 1.15. The van der Waals surface area contributed by atoms with Crippen LogP contribution < -0.4 is 5.32 Å². The van der Waals surface area contributed by atoms with Crippen LogP contribution in [0.2, 0.25) is 0 Å². The molecule has 0 unspecified atom stereocenters. The zero-order chi connectivity index (χ0) is 21.0. The van der Waals surface area contributed by atoms with Gasteiger partial charge in [-0.3, -0.25) is 4.79 Å². The van der Waals surface area contributed by atoms with E-state index in [1.54, 1.807) is 19.1 Å². The second kappa shape index (κ2) is 9.23. The molecule has 0 bridgehead atoms. The lowest BCUT2D eigenvalue weighted by Gasteiger charge is -2.26. The van der Waals surface area contributed by atoms with E-state index >= 15 is 0 Å². The van der Waals surface area contributed by atoms with Gasteiger partial charge in [-0.25, -0.2) is 17.2 Å². The van der Waals surface area contributed by atoms with E-state index < -0.39 is 21.7 Å². The Kier molecular flexibility index (Phi) is 6.92. The number of rotatable bonds is 6. The molecule has 1 heterocycles. The van der Waals surface area contributed by atoms with Crippen molar-refractivity contribution in [2.24, 2.45) is 0 Å². The van der Waals surface area contributed by atoms with Crippen molar-refractivity contribution in [3.63, 3.8) is 0 Å². The van der Waals surface area contributed by atoms with Gasteiger partial charge in [0.25, 0.3) is 0 Å². The zero-order valence-corrected chi connectivity index (χ0v) is 17.6. The highest BCUT2D eigenvalue weighted by Gasteiger charge is 2.26. The molecule has 0 spiro atoms. The van der Waals surface area contributed by atoms with E-state index in [0.29, 0.717) is 23.7 Å². The normalized spacial score (nSPS) is 15.3. The highest BCUT2D eigenvalue weighted by Crippen LogP contribution is 2.26. The van der Waals surface area contributed by atoms with Gasteiger partial charge in [-0.1, -0.05) is 12.5 Å². The third-order valence-corrected chi connectivity index (χ3v) is 7.59. The van der Waals surface area contributed by atoms with Crippen LogP contribution in [0, 0.1) is 18.6 Å². The smallest absolute Gasteiger partial charge is 0.243 e. The van der Waals surface area contributed by atoms with E-state index in [-0.39, 0.29) is 16.6 Å². The Morgan fingerprint density at radius 3 is 2.48 bits per heavy atom. The molecule has 29 heavy (non-hydrogen) atoms. The first-order valence-electron chi connectivity index (χ1n) is 9.26. The number of benzene rings is 2. The highest BCUT2D eigenvalue weighted by atomic mass is 32.2. The second-order valence-corrected chi connectivity index (χ2v) is 9.84. The van der Waals surface area contributed by atoms with Crippen LogP contribution in [0.4, 0.5) is 14.5 Å². The van der Waals surface area contributed by atoms with Crippen molar-refractivity contribution in [1.29, 1.82) is 0 Å². The summed E-state index contributed by atoms with van der Waals surface area (Å²) in [5.74, 6) is -2.30. The molecule has 1 fully saturated rings. The molecule has 2 aromatic carbocycles. The van der Waals surface area contributed by atoms with Crippen molar-refractivity contribution < 1.29 is 22.0 Å². The monoisotopic (exact) mass is 440 g/mol. The summed E-state index contributed by atoms with van der Waals surface area (Å²) in [5, 5.41) is 2.71. The number of hydrogen-bond donors (Lipinski definition) is 1. The first-order valence-corrected chi connectivity index (χ1v) is 11.7. The SMILES string of the molecule is Cc1ccc(S(=O)(=O)N2CCCCC2)cc1NC(=O)CSc1ccc(F)c(F)c1. The van der Waals surface area contributed by atoms with Gasteiger partial charge in [0, 0.05) is 23.7 Å². The average Bonchev–Trinajstić information content (AvgIpc) is 2.71. The number of piperidine rings is 1. The Morgan fingerprint density at radius 1 is 1.07 bits per heavy atom. The van der Waals surface area contributed by atoms with Crippen molar-refractivity contribution in [3.05, 3.63) is 53.6 Å². The van der Waals surface area contributed by atoms with E-state index in [9.17, 15) is 22.0 Å². The second-order valence-electron chi connectivity index (χ2n) is 6.85. The molecule has 9 heteroatoms. The molecule has 3 rings (SSSR count). The van der Waals surface area contributed by atoms with Crippen LogP contribution >= 0.6 is 11.8 Å². The van der Waals surface area contributed by atoms with Crippen LogP contribution in [0.1, 0.15) is 24.8 Å². The standard InChI is InChI=1S/C20H22F2N2O3S2/c1-14-5-7-16(29(26,27)24-9-3-2-4-10-24)12-19(14)23-20(25)13-28-15-6-8-17(21)18(22)11-15/h5-8,11-12H,2-4,9-10,13H2,1H3,(H,23,25). The van der Waals surface area contributed by atoms with E-state index in [0.717, 1.165) is 48.7 Å². The lowest BCUT2D eigenvalue weighted by atomic mass is 10.2. The quantitative estimate of drug-likeness (QED) is 0.685. The molecule has 1 amide bonds. The number of aryl methyl sites for hydroxylation is 1. The molecule has 0 radical (unpaired) electrons. The highest BCUT2D eigenvalue weighted by molar-refractivity contribution is 8.00. The van der Waals surface area contributed by atoms with Crippen LogP contribution in [0.25, 0.3) is 0 Å². The number of halogens is 2. The van der Waals surface area contributed by atoms with Gasteiger partial charge in [0.05, 0.1) is 10.6 Å². The lowest BCUT2D eigenvalue weighted by molar-refractivity contribution is -0.113. The number of carbonyl (C=O) groups excluding carboxylic acids is 1. The molecule has 0 aliphatic carbocycles. The minimum Gasteiger partial charge on any atom is -0.325 e. The van der Waals surface area contributed by atoms with Gasteiger partial charge < -0.3 is 5.32 Å². The first-order chi connectivity index (χ1) is 13.8. The molecule has 156 valence electrons.